The molecule has 1 aliphatic heterocycles. The van der Waals surface area contributed by atoms with E-state index in [0.29, 0.717) is 31.4 Å². The first-order valence-corrected chi connectivity index (χ1v) is 11.9. The third-order valence-corrected chi connectivity index (χ3v) is 6.72. The Labute approximate surface area is 203 Å². The molecule has 0 aliphatic carbocycles. The van der Waals surface area contributed by atoms with Gasteiger partial charge in [0.05, 0.1) is 12.1 Å². The van der Waals surface area contributed by atoms with Crippen LogP contribution < -0.4 is 5.32 Å². The van der Waals surface area contributed by atoms with E-state index in [1.165, 1.54) is 12.1 Å². The molecule has 0 unspecified atom stereocenters. The molecule has 2 aromatic heterocycles. The Balaban J connectivity index is 1.21. The Bertz CT molecular complexity index is 1330. The predicted octanol–water partition coefficient (Wildman–Crippen LogP) is 4.93. The van der Waals surface area contributed by atoms with E-state index in [4.69, 9.17) is 8.83 Å². The number of carbonyl (C=O) groups excluding carboxylic acids is 1. The maximum Gasteiger partial charge on any atom is 0.287 e. The monoisotopic (exact) mass is 476 g/mol. The Kier molecular flexibility index (Phi) is 6.45. The number of carbonyl (C=O) groups is 1. The quantitative estimate of drug-likeness (QED) is 0.396. The van der Waals surface area contributed by atoms with Gasteiger partial charge in [-0.2, -0.15) is 0 Å². The van der Waals surface area contributed by atoms with Crippen LogP contribution in [0.4, 0.5) is 4.39 Å². The van der Waals surface area contributed by atoms with Crippen LogP contribution in [0.15, 0.2) is 69.5 Å². The standard InChI is InChI=1S/C28H29FN2O4/c1-19-5-7-24(34-19)18-31-13-10-28(33,11-14-31)22-6-8-25-21(16-22)17-26(35-25)27(32)30-12-9-20-3-2-4-23(29)15-20/h2-8,15-17,33H,9-14,18H2,1H3,(H,30,32). The minimum absolute atomic E-state index is 0.215. The Morgan fingerprint density at radius 2 is 1.91 bits per heavy atom. The third kappa shape index (κ3) is 5.31. The molecular weight excluding hydrogens is 447 g/mol. The molecule has 1 saturated heterocycles. The van der Waals surface area contributed by atoms with Crippen molar-refractivity contribution in [2.24, 2.45) is 0 Å². The van der Waals surface area contributed by atoms with E-state index in [9.17, 15) is 14.3 Å². The summed E-state index contributed by atoms with van der Waals surface area (Å²) in [5.41, 5.74) is 1.32. The highest BCUT2D eigenvalue weighted by molar-refractivity contribution is 5.96. The van der Waals surface area contributed by atoms with Crippen LogP contribution in [0.1, 0.15) is 46.0 Å². The number of amides is 1. The maximum absolute atomic E-state index is 13.3. The number of aliphatic hydroxyl groups is 1. The molecule has 2 N–H and O–H groups in total. The summed E-state index contributed by atoms with van der Waals surface area (Å²) in [6, 6.07) is 17.6. The van der Waals surface area contributed by atoms with Crippen molar-refractivity contribution in [3.63, 3.8) is 0 Å². The number of hydrogen-bond acceptors (Lipinski definition) is 5. The normalized spacial score (nSPS) is 16.0. The Morgan fingerprint density at radius 3 is 2.66 bits per heavy atom. The fourth-order valence-corrected chi connectivity index (χ4v) is 4.70. The molecule has 0 radical (unpaired) electrons. The summed E-state index contributed by atoms with van der Waals surface area (Å²) in [4.78, 5) is 14.9. The smallest absolute Gasteiger partial charge is 0.287 e. The molecule has 35 heavy (non-hydrogen) atoms. The van der Waals surface area contributed by atoms with Crippen LogP contribution >= 0.6 is 0 Å². The van der Waals surface area contributed by atoms with Gasteiger partial charge in [0.2, 0.25) is 0 Å². The second-order valence-electron chi connectivity index (χ2n) is 9.32. The maximum atomic E-state index is 13.3. The molecule has 0 bridgehead atoms. The lowest BCUT2D eigenvalue weighted by Crippen LogP contribution is -2.42. The van der Waals surface area contributed by atoms with Gasteiger partial charge >= 0.3 is 0 Å². The number of nitrogens with zero attached hydrogens (tertiary/aromatic N) is 1. The van der Waals surface area contributed by atoms with Crippen molar-refractivity contribution in [2.45, 2.75) is 38.3 Å². The van der Waals surface area contributed by atoms with Gasteiger partial charge in [0.1, 0.15) is 22.9 Å². The summed E-state index contributed by atoms with van der Waals surface area (Å²) in [6.45, 7) is 4.57. The first-order chi connectivity index (χ1) is 16.9. The fourth-order valence-electron chi connectivity index (χ4n) is 4.70. The number of halogens is 1. The fraction of sp³-hybridized carbons (Fsp3) is 0.321. The van der Waals surface area contributed by atoms with Gasteiger partial charge < -0.3 is 19.3 Å². The van der Waals surface area contributed by atoms with Gasteiger partial charge in [-0.05, 0) is 79.8 Å². The number of nitrogens with one attached hydrogen (secondary N) is 1. The number of benzene rings is 2. The van der Waals surface area contributed by atoms with Crippen molar-refractivity contribution in [2.75, 3.05) is 19.6 Å². The van der Waals surface area contributed by atoms with Crippen molar-refractivity contribution in [3.05, 3.63) is 94.9 Å². The van der Waals surface area contributed by atoms with Crippen LogP contribution in [0, 0.1) is 12.7 Å². The largest absolute Gasteiger partial charge is 0.465 e. The summed E-state index contributed by atoms with van der Waals surface area (Å²) >= 11 is 0. The molecule has 6 nitrogen and oxygen atoms in total. The molecule has 2 aromatic carbocycles. The van der Waals surface area contributed by atoms with E-state index in [-0.39, 0.29) is 17.5 Å². The van der Waals surface area contributed by atoms with Crippen LogP contribution in [0.5, 0.6) is 0 Å². The molecule has 1 aliphatic rings. The number of rotatable bonds is 7. The highest BCUT2D eigenvalue weighted by Gasteiger charge is 2.34. The van der Waals surface area contributed by atoms with Gasteiger partial charge in [0, 0.05) is 25.0 Å². The minimum Gasteiger partial charge on any atom is -0.465 e. The molecule has 0 atom stereocenters. The van der Waals surface area contributed by atoms with E-state index in [2.05, 4.69) is 10.2 Å². The van der Waals surface area contributed by atoms with Crippen molar-refractivity contribution in [3.8, 4) is 0 Å². The van der Waals surface area contributed by atoms with Gasteiger partial charge in [-0.25, -0.2) is 4.39 Å². The summed E-state index contributed by atoms with van der Waals surface area (Å²) in [5.74, 6) is 1.45. The molecule has 1 fully saturated rings. The lowest BCUT2D eigenvalue weighted by atomic mass is 9.84. The van der Waals surface area contributed by atoms with E-state index < -0.39 is 5.60 Å². The molecule has 4 aromatic rings. The lowest BCUT2D eigenvalue weighted by molar-refractivity contribution is -0.0288. The van der Waals surface area contributed by atoms with Crippen LogP contribution in [-0.2, 0) is 18.6 Å². The second kappa shape index (κ2) is 9.68. The van der Waals surface area contributed by atoms with Gasteiger partial charge in [-0.15, -0.1) is 0 Å². The number of likely N-dealkylation sites (tertiary alicyclic amines) is 1. The van der Waals surface area contributed by atoms with Crippen molar-refractivity contribution < 1.29 is 23.1 Å². The molecule has 5 rings (SSSR count). The summed E-state index contributed by atoms with van der Waals surface area (Å²) in [5, 5.41) is 15.0. The van der Waals surface area contributed by atoms with Gasteiger partial charge in [-0.1, -0.05) is 18.2 Å². The van der Waals surface area contributed by atoms with Crippen molar-refractivity contribution in [1.29, 1.82) is 0 Å². The zero-order chi connectivity index (χ0) is 24.4. The van der Waals surface area contributed by atoms with Gasteiger partial charge in [0.15, 0.2) is 5.76 Å². The van der Waals surface area contributed by atoms with E-state index in [1.54, 1.807) is 12.1 Å². The van der Waals surface area contributed by atoms with E-state index in [0.717, 1.165) is 47.7 Å². The van der Waals surface area contributed by atoms with Crippen LogP contribution in [0.25, 0.3) is 11.0 Å². The number of fused-ring (bicyclic) bond motifs is 1. The predicted molar refractivity (Wildman–Crippen MR) is 131 cm³/mol. The Hall–Kier alpha value is -3.42. The molecule has 182 valence electrons. The van der Waals surface area contributed by atoms with Gasteiger partial charge in [-0.3, -0.25) is 9.69 Å². The molecule has 3 heterocycles. The number of hydrogen-bond donors (Lipinski definition) is 2. The zero-order valence-corrected chi connectivity index (χ0v) is 19.7. The SMILES string of the molecule is Cc1ccc(CN2CCC(O)(c3ccc4oc(C(=O)NCCc5cccc(F)c5)cc4c3)CC2)o1. The summed E-state index contributed by atoms with van der Waals surface area (Å²) < 4.78 is 24.7. The molecule has 0 spiro atoms. The topological polar surface area (TPSA) is 78.8 Å². The van der Waals surface area contributed by atoms with Crippen LogP contribution in [-0.4, -0.2) is 35.5 Å². The highest BCUT2D eigenvalue weighted by Crippen LogP contribution is 2.35. The minimum atomic E-state index is -0.922. The lowest BCUT2D eigenvalue weighted by Gasteiger charge is -2.38. The van der Waals surface area contributed by atoms with Crippen molar-refractivity contribution >= 4 is 16.9 Å². The van der Waals surface area contributed by atoms with Gasteiger partial charge in [0.25, 0.3) is 5.91 Å². The first kappa shape index (κ1) is 23.3. The number of furan rings is 2. The second-order valence-corrected chi connectivity index (χ2v) is 9.32. The average molecular weight is 477 g/mol. The van der Waals surface area contributed by atoms with E-state index in [1.807, 2.05) is 43.3 Å². The average Bonchev–Trinajstić information content (AvgIpc) is 3.46. The summed E-state index contributed by atoms with van der Waals surface area (Å²) in [6.07, 6.45) is 1.75. The molecule has 7 heteroatoms. The summed E-state index contributed by atoms with van der Waals surface area (Å²) in [7, 11) is 0. The molecular formula is C28H29FN2O4. The zero-order valence-electron chi connectivity index (χ0n) is 19.7. The molecule has 1 amide bonds. The number of piperidine rings is 1. The van der Waals surface area contributed by atoms with E-state index >= 15 is 0 Å². The number of aryl methyl sites for hydroxylation is 1. The Morgan fingerprint density at radius 1 is 1.09 bits per heavy atom. The van der Waals surface area contributed by atoms with Crippen molar-refractivity contribution in [1.82, 2.24) is 10.2 Å². The molecule has 0 saturated carbocycles. The highest BCUT2D eigenvalue weighted by atomic mass is 19.1. The van der Waals surface area contributed by atoms with Crippen LogP contribution in [0.2, 0.25) is 0 Å². The van der Waals surface area contributed by atoms with Crippen LogP contribution in [0.3, 0.4) is 0 Å². The third-order valence-electron chi connectivity index (χ3n) is 6.72. The first-order valence-electron chi connectivity index (χ1n) is 11.9.